The van der Waals surface area contributed by atoms with Gasteiger partial charge in [-0.1, -0.05) is 48.5 Å². The minimum atomic E-state index is -0.702. The Labute approximate surface area is 205 Å². The number of carboxylic acid groups (broad SMARTS) is 1. The first-order valence-corrected chi connectivity index (χ1v) is 11.9. The molecule has 1 saturated heterocycles. The summed E-state index contributed by atoms with van der Waals surface area (Å²) < 4.78 is 13.0. The lowest BCUT2D eigenvalue weighted by molar-refractivity contribution is -0.141. The molecule has 2 aromatic carbocycles. The molecule has 0 saturated carbocycles. The number of rotatable bonds is 9. The van der Waals surface area contributed by atoms with Crippen LogP contribution >= 0.6 is 0 Å². The highest BCUT2D eigenvalue weighted by Crippen LogP contribution is 2.22. The molecule has 0 bridgehead atoms. The van der Waals surface area contributed by atoms with Crippen LogP contribution in [0.4, 0.5) is 4.39 Å². The second kappa shape index (κ2) is 11.2. The number of aryl methyl sites for hydroxylation is 1. The van der Waals surface area contributed by atoms with Crippen LogP contribution in [0.3, 0.4) is 0 Å². The molecule has 1 N–H and O–H groups in total. The normalized spacial score (nSPS) is 16.4. The molecule has 4 rings (SSSR count). The van der Waals surface area contributed by atoms with E-state index in [9.17, 15) is 14.3 Å². The first-order chi connectivity index (χ1) is 16.9. The fourth-order valence-electron chi connectivity index (χ4n) is 4.35. The molecule has 182 valence electrons. The molecule has 3 aromatic rings. The van der Waals surface area contributed by atoms with E-state index in [2.05, 4.69) is 34.1 Å². The van der Waals surface area contributed by atoms with E-state index in [1.165, 1.54) is 23.4 Å². The summed E-state index contributed by atoms with van der Waals surface area (Å²) in [6, 6.07) is 17.2. The molecule has 0 amide bonds. The number of carbonyl (C=O) groups is 1. The number of nitrogens with zero attached hydrogens (tertiary/aromatic N) is 3. The van der Waals surface area contributed by atoms with Crippen LogP contribution in [-0.4, -0.2) is 39.8 Å². The highest BCUT2D eigenvalue weighted by atomic mass is 19.1. The third kappa shape index (κ3) is 6.31. The second-order valence-corrected chi connectivity index (χ2v) is 8.91. The van der Waals surface area contributed by atoms with Crippen molar-refractivity contribution in [2.75, 3.05) is 13.1 Å². The van der Waals surface area contributed by atoms with Crippen LogP contribution < -0.4 is 0 Å². The van der Waals surface area contributed by atoms with Crippen molar-refractivity contribution in [3.63, 3.8) is 0 Å². The predicted molar refractivity (Wildman–Crippen MR) is 133 cm³/mol. The molecule has 1 fully saturated rings. The van der Waals surface area contributed by atoms with E-state index in [1.54, 1.807) is 6.07 Å². The Hall–Kier alpha value is -3.58. The lowest BCUT2D eigenvalue weighted by Crippen LogP contribution is -2.23. The fourth-order valence-corrected chi connectivity index (χ4v) is 4.35. The Kier molecular flexibility index (Phi) is 7.87. The molecule has 0 spiro atoms. The number of pyridine rings is 1. The van der Waals surface area contributed by atoms with E-state index in [0.29, 0.717) is 19.6 Å². The highest BCUT2D eigenvalue weighted by molar-refractivity contribution is 5.98. The number of benzene rings is 2. The van der Waals surface area contributed by atoms with Gasteiger partial charge in [0.2, 0.25) is 5.95 Å². The van der Waals surface area contributed by atoms with Crippen molar-refractivity contribution < 1.29 is 19.1 Å². The van der Waals surface area contributed by atoms with E-state index >= 15 is 0 Å². The maximum atomic E-state index is 13.0. The molecular weight excluding hydrogens is 445 g/mol. The van der Waals surface area contributed by atoms with Crippen LogP contribution in [-0.2, 0) is 29.2 Å². The van der Waals surface area contributed by atoms with Crippen LogP contribution in [0.5, 0.6) is 0 Å². The van der Waals surface area contributed by atoms with Crippen molar-refractivity contribution in [3.05, 3.63) is 89.0 Å². The Morgan fingerprint density at radius 3 is 2.57 bits per heavy atom. The van der Waals surface area contributed by atoms with Gasteiger partial charge in [-0.25, -0.2) is 4.98 Å². The summed E-state index contributed by atoms with van der Waals surface area (Å²) in [4.78, 5) is 22.8. The monoisotopic (exact) mass is 475 g/mol. The summed E-state index contributed by atoms with van der Waals surface area (Å²) >= 11 is 0. The predicted octanol–water partition coefficient (Wildman–Crippen LogP) is 5.30. The molecule has 0 radical (unpaired) electrons. The van der Waals surface area contributed by atoms with Crippen LogP contribution in [0.15, 0.2) is 65.9 Å². The van der Waals surface area contributed by atoms with E-state index in [-0.39, 0.29) is 5.92 Å². The van der Waals surface area contributed by atoms with Gasteiger partial charge in [-0.05, 0) is 72.3 Å². The number of carboxylic acids is 1. The number of aliphatic carboxylic acids is 1. The highest BCUT2D eigenvalue weighted by Gasteiger charge is 2.28. The Morgan fingerprint density at radius 1 is 1.14 bits per heavy atom. The van der Waals surface area contributed by atoms with Gasteiger partial charge in [0.25, 0.3) is 0 Å². The molecule has 1 aliphatic rings. The van der Waals surface area contributed by atoms with Crippen molar-refractivity contribution in [3.8, 4) is 11.1 Å². The molecule has 0 aliphatic carbocycles. The van der Waals surface area contributed by atoms with Gasteiger partial charge in [-0.3, -0.25) is 9.69 Å². The summed E-state index contributed by atoms with van der Waals surface area (Å²) in [5.41, 5.74) is 7.07. The summed E-state index contributed by atoms with van der Waals surface area (Å²) in [5, 5.41) is 13.5. The maximum Gasteiger partial charge on any atom is 0.307 e. The van der Waals surface area contributed by atoms with E-state index in [0.717, 1.165) is 47.5 Å². The van der Waals surface area contributed by atoms with E-state index < -0.39 is 11.9 Å². The van der Waals surface area contributed by atoms with Gasteiger partial charge < -0.3 is 9.94 Å². The molecule has 1 aromatic heterocycles. The van der Waals surface area contributed by atoms with Crippen molar-refractivity contribution in [2.24, 2.45) is 11.1 Å². The SMILES string of the molecule is CCc1cc(/C(C)=N/OCc2ccc(-c3ccc(F)nc3)cc2)ccc1CN1CC[C@H](C(=O)O)C1. The van der Waals surface area contributed by atoms with E-state index in [4.69, 9.17) is 4.84 Å². The average Bonchev–Trinajstić information content (AvgIpc) is 3.34. The number of likely N-dealkylation sites (tertiary alicyclic amines) is 1. The summed E-state index contributed by atoms with van der Waals surface area (Å²) in [5.74, 6) is -1.46. The average molecular weight is 476 g/mol. The minimum Gasteiger partial charge on any atom is -0.481 e. The molecule has 0 unspecified atom stereocenters. The molecule has 1 atom stereocenters. The Morgan fingerprint density at radius 2 is 1.91 bits per heavy atom. The first-order valence-electron chi connectivity index (χ1n) is 11.9. The number of aromatic nitrogens is 1. The van der Waals surface area contributed by atoms with Crippen LogP contribution in [0.1, 0.15) is 42.5 Å². The van der Waals surface area contributed by atoms with Crippen molar-refractivity contribution in [1.82, 2.24) is 9.88 Å². The third-order valence-electron chi connectivity index (χ3n) is 6.47. The zero-order valence-corrected chi connectivity index (χ0v) is 20.1. The zero-order valence-electron chi connectivity index (χ0n) is 20.1. The summed E-state index contributed by atoms with van der Waals surface area (Å²) in [6.45, 7) is 6.59. The Bertz CT molecular complexity index is 1190. The molecule has 35 heavy (non-hydrogen) atoms. The summed E-state index contributed by atoms with van der Waals surface area (Å²) in [6.07, 6.45) is 3.12. The van der Waals surface area contributed by atoms with Gasteiger partial charge >= 0.3 is 5.97 Å². The van der Waals surface area contributed by atoms with Crippen LogP contribution in [0.2, 0.25) is 0 Å². The molecule has 7 heteroatoms. The van der Waals surface area contributed by atoms with Gasteiger partial charge in [-0.15, -0.1) is 0 Å². The third-order valence-corrected chi connectivity index (χ3v) is 6.47. The number of oxime groups is 1. The first kappa shape index (κ1) is 24.5. The lowest BCUT2D eigenvalue weighted by atomic mass is 9.99. The standard InChI is InChI=1S/C28H30FN3O3/c1-3-21-14-23(8-9-25(21)16-32-13-12-26(17-32)28(33)34)19(2)31-35-18-20-4-6-22(7-5-20)24-10-11-27(29)30-15-24/h4-11,14-15,26H,3,12-13,16-18H2,1-2H3,(H,33,34)/b31-19+/t26-/m0/s1. The van der Waals surface area contributed by atoms with E-state index in [1.807, 2.05) is 37.3 Å². The quantitative estimate of drug-likeness (QED) is 0.258. The van der Waals surface area contributed by atoms with Crippen LogP contribution in [0.25, 0.3) is 11.1 Å². The lowest BCUT2D eigenvalue weighted by Gasteiger charge is -2.18. The van der Waals surface area contributed by atoms with Crippen molar-refractivity contribution in [1.29, 1.82) is 0 Å². The number of hydrogen-bond donors (Lipinski definition) is 1. The number of halogens is 1. The smallest absolute Gasteiger partial charge is 0.307 e. The van der Waals surface area contributed by atoms with Crippen molar-refractivity contribution >= 4 is 11.7 Å². The summed E-state index contributed by atoms with van der Waals surface area (Å²) in [7, 11) is 0. The topological polar surface area (TPSA) is 75.0 Å². The largest absolute Gasteiger partial charge is 0.481 e. The van der Waals surface area contributed by atoms with Crippen molar-refractivity contribution in [2.45, 2.75) is 39.8 Å². The van der Waals surface area contributed by atoms with Crippen LogP contribution in [0, 0.1) is 11.9 Å². The minimum absolute atomic E-state index is 0.262. The Balaban J connectivity index is 1.35. The molecule has 1 aliphatic heterocycles. The van der Waals surface area contributed by atoms with Gasteiger partial charge in [0.05, 0.1) is 11.6 Å². The van der Waals surface area contributed by atoms with Gasteiger partial charge in [0, 0.05) is 24.8 Å². The molecule has 6 nitrogen and oxygen atoms in total. The van der Waals surface area contributed by atoms with Gasteiger partial charge in [0.1, 0.15) is 6.61 Å². The number of hydrogen-bond acceptors (Lipinski definition) is 5. The maximum absolute atomic E-state index is 13.0. The fraction of sp³-hybridized carbons (Fsp3) is 0.321. The second-order valence-electron chi connectivity index (χ2n) is 8.91. The van der Waals surface area contributed by atoms with Gasteiger partial charge in [-0.2, -0.15) is 4.39 Å². The van der Waals surface area contributed by atoms with Gasteiger partial charge in [0.15, 0.2) is 0 Å². The molecule has 2 heterocycles. The zero-order chi connectivity index (χ0) is 24.8. The molecular formula is C28H30FN3O3.